The molecular formula is C32H29NO6. The summed E-state index contributed by atoms with van der Waals surface area (Å²) in [6.07, 6.45) is -1.53. The fraction of sp³-hybridized carbons (Fsp3) is 0.281. The van der Waals surface area contributed by atoms with Crippen LogP contribution in [0.15, 0.2) is 103 Å². The minimum Gasteiger partial charge on any atom is -0.364 e. The summed E-state index contributed by atoms with van der Waals surface area (Å²) in [5.41, 5.74) is 1.59. The van der Waals surface area contributed by atoms with E-state index in [0.29, 0.717) is 0 Å². The summed E-state index contributed by atoms with van der Waals surface area (Å²) in [6, 6.07) is 29.2. The van der Waals surface area contributed by atoms with Crippen molar-refractivity contribution < 1.29 is 28.6 Å². The fourth-order valence-electron chi connectivity index (χ4n) is 6.12. The van der Waals surface area contributed by atoms with Crippen LogP contribution in [0.25, 0.3) is 0 Å². The molecule has 3 aliphatic heterocycles. The van der Waals surface area contributed by atoms with E-state index in [9.17, 15) is 14.4 Å². The van der Waals surface area contributed by atoms with E-state index in [-0.39, 0.29) is 17.8 Å². The summed E-state index contributed by atoms with van der Waals surface area (Å²) in [5, 5.41) is 2.27. The van der Waals surface area contributed by atoms with E-state index < -0.39 is 47.4 Å². The fourth-order valence-corrected chi connectivity index (χ4v) is 6.12. The first-order valence-corrected chi connectivity index (χ1v) is 13.1. The standard InChI is InChI=1S/C32H29NO6/c1-31(2)38-28-24(37-27(29(28)39-31)23-18-26(35)33-30(23)36)19-25(34)32(20-12-6-3-7-13-20,21-14-8-4-9-15-21)22-16-10-5-11-17-22/h3-18,24,27-29H,19H2,1-2H3,(H,33,35,36)/t24-,27?,28?,29?/m1/s1. The number of carbonyl (C=O) groups excluding carboxylic acids is 3. The summed E-state index contributed by atoms with van der Waals surface area (Å²) in [4.78, 5) is 39.2. The summed E-state index contributed by atoms with van der Waals surface area (Å²) >= 11 is 0. The number of imide groups is 1. The number of rotatable bonds is 7. The van der Waals surface area contributed by atoms with Crippen LogP contribution >= 0.6 is 0 Å². The molecule has 1 N–H and O–H groups in total. The Morgan fingerprint density at radius 1 is 0.795 bits per heavy atom. The lowest BCUT2D eigenvalue weighted by Gasteiger charge is -2.35. The molecule has 2 amide bonds. The Labute approximate surface area is 226 Å². The predicted molar refractivity (Wildman–Crippen MR) is 143 cm³/mol. The van der Waals surface area contributed by atoms with Gasteiger partial charge in [0, 0.05) is 12.5 Å². The van der Waals surface area contributed by atoms with Crippen LogP contribution in [0.5, 0.6) is 0 Å². The number of nitrogens with one attached hydrogen (secondary N) is 1. The molecule has 7 nitrogen and oxygen atoms in total. The maximum Gasteiger partial charge on any atom is 0.256 e. The number of carbonyl (C=O) groups is 3. The lowest BCUT2D eigenvalue weighted by molar-refractivity contribution is -0.184. The second kappa shape index (κ2) is 9.68. The van der Waals surface area contributed by atoms with E-state index in [4.69, 9.17) is 14.2 Å². The topological polar surface area (TPSA) is 90.9 Å². The van der Waals surface area contributed by atoms with Gasteiger partial charge in [0.05, 0.1) is 11.7 Å². The number of ketones is 1. The van der Waals surface area contributed by atoms with Crippen LogP contribution in [-0.4, -0.2) is 47.8 Å². The number of hydrogen-bond donors (Lipinski definition) is 1. The van der Waals surface area contributed by atoms with Crippen LogP contribution < -0.4 is 5.32 Å². The number of benzene rings is 3. The molecule has 2 fully saturated rings. The molecule has 0 aromatic heterocycles. The van der Waals surface area contributed by atoms with Gasteiger partial charge in [-0.3, -0.25) is 19.7 Å². The highest BCUT2D eigenvalue weighted by Gasteiger charge is 2.58. The van der Waals surface area contributed by atoms with Gasteiger partial charge in [-0.05, 0) is 30.5 Å². The van der Waals surface area contributed by atoms with Crippen molar-refractivity contribution in [2.75, 3.05) is 0 Å². The van der Waals surface area contributed by atoms with Crippen LogP contribution in [0.1, 0.15) is 37.0 Å². The van der Waals surface area contributed by atoms with E-state index in [1.807, 2.05) is 91.0 Å². The van der Waals surface area contributed by atoms with Gasteiger partial charge in [0.15, 0.2) is 11.6 Å². The number of hydrogen-bond acceptors (Lipinski definition) is 6. The summed E-state index contributed by atoms with van der Waals surface area (Å²) in [7, 11) is 0. The van der Waals surface area contributed by atoms with Gasteiger partial charge in [-0.1, -0.05) is 91.0 Å². The van der Waals surface area contributed by atoms with Crippen LogP contribution in [0.2, 0.25) is 0 Å². The van der Waals surface area contributed by atoms with Gasteiger partial charge in [-0.25, -0.2) is 0 Å². The molecule has 3 aromatic carbocycles. The summed E-state index contributed by atoms with van der Waals surface area (Å²) in [6.45, 7) is 3.58. The van der Waals surface area contributed by atoms with Crippen molar-refractivity contribution in [1.82, 2.24) is 5.32 Å². The Morgan fingerprint density at radius 2 is 1.28 bits per heavy atom. The van der Waals surface area contributed by atoms with E-state index in [1.165, 1.54) is 6.08 Å². The Kier molecular flexibility index (Phi) is 6.30. The summed E-state index contributed by atoms with van der Waals surface area (Å²) < 4.78 is 18.7. The van der Waals surface area contributed by atoms with Crippen molar-refractivity contribution in [3.05, 3.63) is 119 Å². The largest absolute Gasteiger partial charge is 0.364 e. The monoisotopic (exact) mass is 523 g/mol. The highest BCUT2D eigenvalue weighted by atomic mass is 16.8. The first-order chi connectivity index (χ1) is 18.8. The third-order valence-electron chi connectivity index (χ3n) is 7.67. The molecule has 198 valence electrons. The molecule has 2 saturated heterocycles. The van der Waals surface area contributed by atoms with Gasteiger partial charge < -0.3 is 14.2 Å². The highest BCUT2D eigenvalue weighted by molar-refractivity contribution is 6.16. The Morgan fingerprint density at radius 3 is 1.74 bits per heavy atom. The zero-order valence-corrected chi connectivity index (χ0v) is 21.7. The molecule has 0 bridgehead atoms. The van der Waals surface area contributed by atoms with Crippen molar-refractivity contribution in [2.45, 2.75) is 55.9 Å². The maximum absolute atomic E-state index is 14.8. The number of Topliss-reactive ketones (excluding diaryl/α,β-unsaturated/α-hetero) is 1. The zero-order valence-electron chi connectivity index (χ0n) is 21.7. The molecular weight excluding hydrogens is 494 g/mol. The Bertz CT molecular complexity index is 1340. The Balaban J connectivity index is 1.44. The lowest BCUT2D eigenvalue weighted by atomic mass is 9.65. The first kappa shape index (κ1) is 25.4. The molecule has 0 aliphatic carbocycles. The normalized spacial score (nSPS) is 25.7. The van der Waals surface area contributed by atoms with Gasteiger partial charge in [-0.2, -0.15) is 0 Å². The second-order valence-corrected chi connectivity index (χ2v) is 10.6. The smallest absolute Gasteiger partial charge is 0.256 e. The molecule has 0 saturated carbocycles. The summed E-state index contributed by atoms with van der Waals surface area (Å²) in [5.74, 6) is -2.03. The molecule has 0 spiro atoms. The minimum atomic E-state index is -1.12. The molecule has 3 aromatic rings. The van der Waals surface area contributed by atoms with Crippen LogP contribution in [-0.2, 0) is 34.0 Å². The van der Waals surface area contributed by atoms with E-state index in [2.05, 4.69) is 5.32 Å². The SMILES string of the molecule is CC1(C)OC2C(C3=CC(=O)NC3=O)O[C@H](CC(=O)C(c3ccccc3)(c3ccccc3)c3ccccc3)C2O1. The number of ether oxygens (including phenoxy) is 3. The van der Waals surface area contributed by atoms with Gasteiger partial charge in [0.1, 0.15) is 23.7 Å². The highest BCUT2D eigenvalue weighted by Crippen LogP contribution is 2.46. The average Bonchev–Trinajstić information content (AvgIpc) is 3.55. The van der Waals surface area contributed by atoms with Gasteiger partial charge in [0.25, 0.3) is 11.8 Å². The number of amides is 2. The van der Waals surface area contributed by atoms with Crippen molar-refractivity contribution in [3.8, 4) is 0 Å². The average molecular weight is 524 g/mol. The van der Waals surface area contributed by atoms with Crippen LogP contribution in [0.4, 0.5) is 0 Å². The molecule has 3 unspecified atom stereocenters. The van der Waals surface area contributed by atoms with E-state index in [0.717, 1.165) is 16.7 Å². The van der Waals surface area contributed by atoms with Crippen molar-refractivity contribution in [2.24, 2.45) is 0 Å². The predicted octanol–water partition coefficient (Wildman–Crippen LogP) is 3.85. The Hall–Kier alpha value is -3.91. The molecule has 3 heterocycles. The van der Waals surface area contributed by atoms with Gasteiger partial charge in [0.2, 0.25) is 0 Å². The molecule has 7 heteroatoms. The van der Waals surface area contributed by atoms with Gasteiger partial charge >= 0.3 is 0 Å². The quantitative estimate of drug-likeness (QED) is 0.374. The molecule has 3 aliphatic rings. The van der Waals surface area contributed by atoms with Crippen molar-refractivity contribution in [1.29, 1.82) is 0 Å². The second-order valence-electron chi connectivity index (χ2n) is 10.6. The third kappa shape index (κ3) is 4.33. The molecule has 39 heavy (non-hydrogen) atoms. The first-order valence-electron chi connectivity index (χ1n) is 13.1. The van der Waals surface area contributed by atoms with Crippen molar-refractivity contribution in [3.63, 3.8) is 0 Å². The maximum atomic E-state index is 14.8. The van der Waals surface area contributed by atoms with E-state index >= 15 is 0 Å². The molecule has 6 rings (SSSR count). The lowest BCUT2D eigenvalue weighted by Crippen LogP contribution is -2.42. The van der Waals surface area contributed by atoms with Gasteiger partial charge in [-0.15, -0.1) is 0 Å². The van der Waals surface area contributed by atoms with Crippen LogP contribution in [0, 0.1) is 0 Å². The van der Waals surface area contributed by atoms with E-state index in [1.54, 1.807) is 13.8 Å². The zero-order chi connectivity index (χ0) is 27.2. The molecule has 0 radical (unpaired) electrons. The number of fused-ring (bicyclic) bond motifs is 1. The van der Waals surface area contributed by atoms with Crippen LogP contribution in [0.3, 0.4) is 0 Å². The van der Waals surface area contributed by atoms with Crippen molar-refractivity contribution >= 4 is 17.6 Å². The molecule has 4 atom stereocenters. The minimum absolute atomic E-state index is 0.00135. The third-order valence-corrected chi connectivity index (χ3v) is 7.67.